The molecular formula is C14H23NO2S. The summed E-state index contributed by atoms with van der Waals surface area (Å²) in [7, 11) is 1.69. The van der Waals surface area contributed by atoms with Crippen molar-refractivity contribution in [3.8, 4) is 5.75 Å². The van der Waals surface area contributed by atoms with E-state index in [0.717, 1.165) is 30.2 Å². The number of ether oxygens (including phenoxy) is 1. The minimum Gasteiger partial charge on any atom is -0.497 e. The normalized spacial score (nSPS) is 12.4. The highest BCUT2D eigenvalue weighted by Gasteiger charge is 2.10. The van der Waals surface area contributed by atoms with Gasteiger partial charge in [0.15, 0.2) is 0 Å². The third-order valence-electron chi connectivity index (χ3n) is 2.68. The molecule has 1 aromatic rings. The Bertz CT molecular complexity index is 333. The van der Waals surface area contributed by atoms with Crippen LogP contribution in [0.2, 0.25) is 0 Å². The maximum absolute atomic E-state index is 8.77. The van der Waals surface area contributed by atoms with Crippen molar-refractivity contribution in [3.63, 3.8) is 0 Å². The van der Waals surface area contributed by atoms with E-state index in [1.54, 1.807) is 7.11 Å². The number of aliphatic hydroxyl groups excluding tert-OH is 1. The van der Waals surface area contributed by atoms with Gasteiger partial charge in [0.05, 0.1) is 7.11 Å². The summed E-state index contributed by atoms with van der Waals surface area (Å²) < 4.78 is 5.26. The summed E-state index contributed by atoms with van der Waals surface area (Å²) in [5, 5.41) is 12.3. The molecule has 1 atom stereocenters. The quantitative estimate of drug-likeness (QED) is 0.676. The highest BCUT2D eigenvalue weighted by molar-refractivity contribution is 7.99. The zero-order valence-electron chi connectivity index (χ0n) is 11.2. The molecule has 0 radical (unpaired) electrons. The number of nitrogens with one attached hydrogen (secondary N) is 1. The van der Waals surface area contributed by atoms with Crippen molar-refractivity contribution in [1.82, 2.24) is 5.32 Å². The largest absolute Gasteiger partial charge is 0.497 e. The van der Waals surface area contributed by atoms with Crippen LogP contribution in [0.4, 0.5) is 0 Å². The van der Waals surface area contributed by atoms with Gasteiger partial charge in [-0.2, -0.15) is 11.8 Å². The Morgan fingerprint density at radius 1 is 1.44 bits per heavy atom. The number of hydrogen-bond acceptors (Lipinski definition) is 4. The lowest BCUT2D eigenvalue weighted by atomic mass is 10.1. The fourth-order valence-corrected chi connectivity index (χ4v) is 2.79. The second kappa shape index (κ2) is 9.25. The van der Waals surface area contributed by atoms with Gasteiger partial charge in [-0.15, -0.1) is 0 Å². The van der Waals surface area contributed by atoms with Crippen molar-refractivity contribution in [3.05, 3.63) is 29.8 Å². The predicted molar refractivity (Wildman–Crippen MR) is 78.4 cm³/mol. The van der Waals surface area contributed by atoms with Crippen LogP contribution in [0, 0.1) is 0 Å². The van der Waals surface area contributed by atoms with E-state index in [0.29, 0.717) is 6.04 Å². The minimum atomic E-state index is 0.276. The van der Waals surface area contributed by atoms with Crippen molar-refractivity contribution in [1.29, 1.82) is 0 Å². The van der Waals surface area contributed by atoms with E-state index in [1.807, 2.05) is 23.9 Å². The molecule has 0 amide bonds. The van der Waals surface area contributed by atoms with E-state index >= 15 is 0 Å². The molecule has 0 spiro atoms. The number of rotatable bonds is 9. The number of aliphatic hydroxyl groups is 1. The van der Waals surface area contributed by atoms with Crippen molar-refractivity contribution in [2.24, 2.45) is 0 Å². The van der Waals surface area contributed by atoms with Gasteiger partial charge >= 0.3 is 0 Å². The van der Waals surface area contributed by atoms with Crippen LogP contribution < -0.4 is 10.1 Å². The molecule has 0 aliphatic rings. The second-order valence-electron chi connectivity index (χ2n) is 4.04. The van der Waals surface area contributed by atoms with Crippen LogP contribution in [-0.2, 0) is 0 Å². The first-order valence-electron chi connectivity index (χ1n) is 6.37. The Hall–Kier alpha value is -0.710. The van der Waals surface area contributed by atoms with Gasteiger partial charge in [-0.1, -0.05) is 19.1 Å². The lowest BCUT2D eigenvalue weighted by Gasteiger charge is -2.18. The van der Waals surface area contributed by atoms with E-state index in [-0.39, 0.29) is 6.61 Å². The number of hydrogen-bond donors (Lipinski definition) is 2. The van der Waals surface area contributed by atoms with Gasteiger partial charge in [0.2, 0.25) is 0 Å². The minimum absolute atomic E-state index is 0.276. The van der Waals surface area contributed by atoms with Crippen LogP contribution >= 0.6 is 11.8 Å². The van der Waals surface area contributed by atoms with Gasteiger partial charge in [-0.3, -0.25) is 0 Å². The number of thioether (sulfide) groups is 1. The summed E-state index contributed by atoms with van der Waals surface area (Å²) in [4.78, 5) is 0. The molecule has 1 unspecified atom stereocenters. The number of benzene rings is 1. The molecule has 4 heteroatoms. The van der Waals surface area contributed by atoms with Crippen molar-refractivity contribution >= 4 is 11.8 Å². The zero-order chi connectivity index (χ0) is 13.2. The van der Waals surface area contributed by atoms with E-state index in [1.165, 1.54) is 5.56 Å². The molecule has 0 bridgehead atoms. The highest BCUT2D eigenvalue weighted by atomic mass is 32.2. The first kappa shape index (κ1) is 15.3. The molecule has 0 aromatic heterocycles. The van der Waals surface area contributed by atoms with Gasteiger partial charge in [0, 0.05) is 18.4 Å². The molecule has 2 N–H and O–H groups in total. The Morgan fingerprint density at radius 3 is 2.94 bits per heavy atom. The standard InChI is InChI=1S/C14H23NO2S/c1-3-15-14(11-18-9-5-8-16)12-6-4-7-13(10-12)17-2/h4,6-7,10,14-16H,3,5,8-9,11H2,1-2H3. The van der Waals surface area contributed by atoms with Crippen LogP contribution in [0.5, 0.6) is 5.75 Å². The summed E-state index contributed by atoms with van der Waals surface area (Å²) in [6.07, 6.45) is 0.863. The summed E-state index contributed by atoms with van der Waals surface area (Å²) in [6, 6.07) is 8.54. The van der Waals surface area contributed by atoms with Crippen LogP contribution in [0.3, 0.4) is 0 Å². The van der Waals surface area contributed by atoms with Gasteiger partial charge in [-0.25, -0.2) is 0 Å². The molecule has 3 nitrogen and oxygen atoms in total. The van der Waals surface area contributed by atoms with Gasteiger partial charge in [-0.05, 0) is 36.4 Å². The molecule has 0 heterocycles. The third kappa shape index (κ3) is 5.29. The van der Waals surface area contributed by atoms with Gasteiger partial charge < -0.3 is 15.2 Å². The van der Waals surface area contributed by atoms with Crippen LogP contribution in [-0.4, -0.2) is 36.9 Å². The molecular weight excluding hydrogens is 246 g/mol. The molecule has 102 valence electrons. The summed E-state index contributed by atoms with van der Waals surface area (Å²) in [5.41, 5.74) is 1.26. The summed E-state index contributed by atoms with van der Waals surface area (Å²) in [6.45, 7) is 3.34. The van der Waals surface area contributed by atoms with Crippen LogP contribution in [0.1, 0.15) is 24.9 Å². The molecule has 1 rings (SSSR count). The monoisotopic (exact) mass is 269 g/mol. The third-order valence-corrected chi connectivity index (χ3v) is 3.82. The maximum Gasteiger partial charge on any atom is 0.119 e. The van der Waals surface area contributed by atoms with Crippen molar-refractivity contribution < 1.29 is 9.84 Å². The molecule has 0 fully saturated rings. The van der Waals surface area contributed by atoms with Gasteiger partial charge in [0.25, 0.3) is 0 Å². The second-order valence-corrected chi connectivity index (χ2v) is 5.19. The SMILES string of the molecule is CCNC(CSCCCO)c1cccc(OC)c1. The molecule has 0 aliphatic carbocycles. The molecule has 0 saturated carbocycles. The predicted octanol–water partition coefficient (Wildman–Crippen LogP) is 2.46. The molecule has 18 heavy (non-hydrogen) atoms. The summed E-state index contributed by atoms with van der Waals surface area (Å²) >= 11 is 1.87. The first-order valence-corrected chi connectivity index (χ1v) is 7.53. The van der Waals surface area contributed by atoms with E-state index in [9.17, 15) is 0 Å². The fraction of sp³-hybridized carbons (Fsp3) is 0.571. The highest BCUT2D eigenvalue weighted by Crippen LogP contribution is 2.22. The average molecular weight is 269 g/mol. The fourth-order valence-electron chi connectivity index (χ4n) is 1.75. The van der Waals surface area contributed by atoms with Gasteiger partial charge in [0.1, 0.15) is 5.75 Å². The smallest absolute Gasteiger partial charge is 0.119 e. The Morgan fingerprint density at radius 2 is 2.28 bits per heavy atom. The van der Waals surface area contributed by atoms with E-state index in [2.05, 4.69) is 24.4 Å². The Labute approximate surface area is 114 Å². The lowest BCUT2D eigenvalue weighted by Crippen LogP contribution is -2.23. The molecule has 1 aromatic carbocycles. The maximum atomic E-state index is 8.77. The summed E-state index contributed by atoms with van der Waals surface area (Å²) in [5.74, 6) is 2.92. The van der Waals surface area contributed by atoms with E-state index < -0.39 is 0 Å². The molecule has 0 aliphatic heterocycles. The zero-order valence-corrected chi connectivity index (χ0v) is 12.0. The van der Waals surface area contributed by atoms with Crippen molar-refractivity contribution in [2.75, 3.05) is 31.8 Å². The lowest BCUT2D eigenvalue weighted by molar-refractivity contribution is 0.296. The van der Waals surface area contributed by atoms with Crippen molar-refractivity contribution in [2.45, 2.75) is 19.4 Å². The topological polar surface area (TPSA) is 41.5 Å². The Kier molecular flexibility index (Phi) is 7.89. The van der Waals surface area contributed by atoms with E-state index in [4.69, 9.17) is 9.84 Å². The molecule has 0 saturated heterocycles. The first-order chi connectivity index (χ1) is 8.81. The Balaban J connectivity index is 2.58. The van der Waals surface area contributed by atoms with Crippen LogP contribution in [0.15, 0.2) is 24.3 Å². The number of methoxy groups -OCH3 is 1. The average Bonchev–Trinajstić information content (AvgIpc) is 2.42. The van der Waals surface area contributed by atoms with Crippen LogP contribution in [0.25, 0.3) is 0 Å².